The number of hydrogen-bond donors (Lipinski definition) is 0. The van der Waals surface area contributed by atoms with Crippen molar-refractivity contribution in [1.82, 2.24) is 9.80 Å². The first-order chi connectivity index (χ1) is 5.73. The van der Waals surface area contributed by atoms with Gasteiger partial charge in [0.05, 0.1) is 0 Å². The third-order valence-electron chi connectivity index (χ3n) is 2.79. The lowest BCUT2D eigenvalue weighted by molar-refractivity contribution is -0.0587. The predicted molar refractivity (Wildman–Crippen MR) is 58.0 cm³/mol. The summed E-state index contributed by atoms with van der Waals surface area (Å²) in [7, 11) is 4.32. The molecule has 2 heteroatoms. The number of nitrogens with zero attached hydrogens (tertiary/aromatic N) is 2. The molecule has 0 amide bonds. The maximum absolute atomic E-state index is 2.55. The van der Waals surface area contributed by atoms with E-state index >= 15 is 0 Å². The monoisotopic (exact) mass is 184 g/mol. The van der Waals surface area contributed by atoms with Gasteiger partial charge in [-0.3, -0.25) is 4.90 Å². The van der Waals surface area contributed by atoms with Gasteiger partial charge in [-0.05, 0) is 34.9 Å². The van der Waals surface area contributed by atoms with E-state index in [0.717, 1.165) is 0 Å². The van der Waals surface area contributed by atoms with Crippen molar-refractivity contribution in [2.45, 2.75) is 33.2 Å². The maximum Gasteiger partial charge on any atom is 0.0125 e. The van der Waals surface area contributed by atoms with Crippen LogP contribution < -0.4 is 0 Å². The van der Waals surface area contributed by atoms with Gasteiger partial charge in [0.2, 0.25) is 0 Å². The van der Waals surface area contributed by atoms with Crippen molar-refractivity contribution in [3.8, 4) is 0 Å². The standard InChI is InChI=1S/C11H24N2/c1-10(2,3)13-8-11(4,9-13)7-12(5)6/h7-9H2,1-6H3. The minimum Gasteiger partial charge on any atom is -0.309 e. The highest BCUT2D eigenvalue weighted by molar-refractivity contribution is 4.97. The van der Waals surface area contributed by atoms with E-state index in [-0.39, 0.29) is 0 Å². The van der Waals surface area contributed by atoms with Crippen LogP contribution in [0.3, 0.4) is 0 Å². The lowest BCUT2D eigenvalue weighted by atomic mass is 9.78. The summed E-state index contributed by atoms with van der Waals surface area (Å²) in [6.45, 7) is 13.0. The molecule has 2 nitrogen and oxygen atoms in total. The molecular weight excluding hydrogens is 160 g/mol. The van der Waals surface area contributed by atoms with Gasteiger partial charge in [0.15, 0.2) is 0 Å². The Hall–Kier alpha value is -0.0800. The highest BCUT2D eigenvalue weighted by Gasteiger charge is 2.43. The fourth-order valence-electron chi connectivity index (χ4n) is 2.21. The van der Waals surface area contributed by atoms with Gasteiger partial charge >= 0.3 is 0 Å². The summed E-state index contributed by atoms with van der Waals surface area (Å²) in [5, 5.41) is 0. The topological polar surface area (TPSA) is 6.48 Å². The van der Waals surface area contributed by atoms with Crippen LogP contribution in [0, 0.1) is 5.41 Å². The third-order valence-corrected chi connectivity index (χ3v) is 2.79. The van der Waals surface area contributed by atoms with Crippen LogP contribution in [-0.4, -0.2) is 49.1 Å². The zero-order chi connectivity index (χ0) is 10.3. The molecule has 0 atom stereocenters. The minimum absolute atomic E-state index is 0.353. The van der Waals surface area contributed by atoms with Crippen LogP contribution >= 0.6 is 0 Å². The van der Waals surface area contributed by atoms with E-state index in [4.69, 9.17) is 0 Å². The fraction of sp³-hybridized carbons (Fsp3) is 1.00. The lowest BCUT2D eigenvalue weighted by Crippen LogP contribution is -2.64. The second-order valence-corrected chi connectivity index (χ2v) is 6.08. The highest BCUT2D eigenvalue weighted by atomic mass is 15.3. The summed E-state index contributed by atoms with van der Waals surface area (Å²) < 4.78 is 0. The van der Waals surface area contributed by atoms with Crippen molar-refractivity contribution in [3.05, 3.63) is 0 Å². The molecule has 0 spiro atoms. The third kappa shape index (κ3) is 2.68. The van der Waals surface area contributed by atoms with Crippen molar-refractivity contribution >= 4 is 0 Å². The molecule has 0 radical (unpaired) electrons. The fourth-order valence-corrected chi connectivity index (χ4v) is 2.21. The Bertz CT molecular complexity index is 173. The predicted octanol–water partition coefficient (Wildman–Crippen LogP) is 1.67. The molecule has 1 aliphatic rings. The molecule has 1 aliphatic heterocycles. The maximum atomic E-state index is 2.55. The van der Waals surface area contributed by atoms with Crippen LogP contribution in [0.5, 0.6) is 0 Å². The molecule has 0 aromatic carbocycles. The molecule has 0 bridgehead atoms. The number of rotatable bonds is 2. The summed E-state index contributed by atoms with van der Waals surface area (Å²) >= 11 is 0. The smallest absolute Gasteiger partial charge is 0.0125 e. The van der Waals surface area contributed by atoms with E-state index in [0.29, 0.717) is 11.0 Å². The Morgan fingerprint density at radius 3 is 2.00 bits per heavy atom. The van der Waals surface area contributed by atoms with Crippen molar-refractivity contribution < 1.29 is 0 Å². The van der Waals surface area contributed by atoms with E-state index in [1.54, 1.807) is 0 Å². The zero-order valence-corrected chi connectivity index (χ0v) is 10.0. The van der Waals surface area contributed by atoms with Crippen LogP contribution in [0.25, 0.3) is 0 Å². The van der Waals surface area contributed by atoms with Gasteiger partial charge in [-0.15, -0.1) is 0 Å². The summed E-state index contributed by atoms with van der Waals surface area (Å²) in [6.07, 6.45) is 0. The van der Waals surface area contributed by atoms with E-state index < -0.39 is 0 Å². The van der Waals surface area contributed by atoms with Crippen LogP contribution in [0.1, 0.15) is 27.7 Å². The Labute approximate surface area is 82.9 Å². The normalized spacial score (nSPS) is 23.3. The molecule has 1 heterocycles. The van der Waals surface area contributed by atoms with Gasteiger partial charge in [0.1, 0.15) is 0 Å². The molecule has 0 aromatic heterocycles. The van der Waals surface area contributed by atoms with E-state index in [2.05, 4.69) is 51.6 Å². The molecule has 1 saturated heterocycles. The summed E-state index contributed by atoms with van der Waals surface area (Å²) in [6, 6.07) is 0. The van der Waals surface area contributed by atoms with Gasteiger partial charge in [-0.1, -0.05) is 6.92 Å². The van der Waals surface area contributed by atoms with Crippen molar-refractivity contribution in [1.29, 1.82) is 0 Å². The van der Waals surface area contributed by atoms with Gasteiger partial charge in [-0.25, -0.2) is 0 Å². The first-order valence-electron chi connectivity index (χ1n) is 5.13. The zero-order valence-electron chi connectivity index (χ0n) is 10.0. The van der Waals surface area contributed by atoms with E-state index in [1.165, 1.54) is 19.6 Å². The first kappa shape index (κ1) is 11.0. The minimum atomic E-state index is 0.353. The van der Waals surface area contributed by atoms with Gasteiger partial charge < -0.3 is 4.90 Å². The largest absolute Gasteiger partial charge is 0.309 e. The quantitative estimate of drug-likeness (QED) is 0.644. The van der Waals surface area contributed by atoms with Crippen molar-refractivity contribution in [3.63, 3.8) is 0 Å². The number of hydrogen-bond acceptors (Lipinski definition) is 2. The second-order valence-electron chi connectivity index (χ2n) is 6.08. The van der Waals surface area contributed by atoms with E-state index in [1.807, 2.05) is 0 Å². The van der Waals surface area contributed by atoms with Crippen LogP contribution in [0.15, 0.2) is 0 Å². The van der Waals surface area contributed by atoms with Gasteiger partial charge in [0.25, 0.3) is 0 Å². The molecule has 0 unspecified atom stereocenters. The second kappa shape index (κ2) is 3.25. The molecule has 1 rings (SSSR count). The lowest BCUT2D eigenvalue weighted by Gasteiger charge is -2.55. The number of likely N-dealkylation sites (tertiary alicyclic amines) is 1. The summed E-state index contributed by atoms with van der Waals surface area (Å²) in [5.41, 5.74) is 0.878. The molecule has 0 saturated carbocycles. The molecule has 13 heavy (non-hydrogen) atoms. The first-order valence-corrected chi connectivity index (χ1v) is 5.13. The molecular formula is C11H24N2. The van der Waals surface area contributed by atoms with Gasteiger partial charge in [0, 0.05) is 30.6 Å². The Morgan fingerprint density at radius 1 is 1.23 bits per heavy atom. The SMILES string of the molecule is CN(C)CC1(C)CN(C(C)(C)C)C1. The van der Waals surface area contributed by atoms with Crippen molar-refractivity contribution in [2.24, 2.45) is 5.41 Å². The molecule has 0 aliphatic carbocycles. The van der Waals surface area contributed by atoms with Crippen LogP contribution in [-0.2, 0) is 0 Å². The Morgan fingerprint density at radius 2 is 1.69 bits per heavy atom. The van der Waals surface area contributed by atoms with Crippen LogP contribution in [0.2, 0.25) is 0 Å². The average molecular weight is 184 g/mol. The molecule has 78 valence electrons. The Kier molecular flexibility index (Phi) is 2.75. The molecule has 1 fully saturated rings. The summed E-state index contributed by atoms with van der Waals surface area (Å²) in [4.78, 5) is 4.84. The Balaban J connectivity index is 2.39. The molecule has 0 N–H and O–H groups in total. The van der Waals surface area contributed by atoms with Crippen LogP contribution in [0.4, 0.5) is 0 Å². The average Bonchev–Trinajstić information content (AvgIpc) is 1.78. The summed E-state index contributed by atoms with van der Waals surface area (Å²) in [5.74, 6) is 0. The van der Waals surface area contributed by atoms with Crippen molar-refractivity contribution in [2.75, 3.05) is 33.7 Å². The van der Waals surface area contributed by atoms with Gasteiger partial charge in [-0.2, -0.15) is 0 Å². The molecule has 0 aromatic rings. The highest BCUT2D eigenvalue weighted by Crippen LogP contribution is 2.35. The van der Waals surface area contributed by atoms with E-state index in [9.17, 15) is 0 Å².